The minimum atomic E-state index is -4.04. The van der Waals surface area contributed by atoms with E-state index in [1.165, 1.54) is 6.07 Å². The Morgan fingerprint density at radius 3 is 2.62 bits per heavy atom. The molecular formula is C7H10NO4P. The van der Waals surface area contributed by atoms with Crippen LogP contribution < -0.4 is 10.0 Å². The summed E-state index contributed by atoms with van der Waals surface area (Å²) in [6.07, 6.45) is 0. The van der Waals surface area contributed by atoms with Crippen LogP contribution >= 0.6 is 7.75 Å². The first-order valence-electron chi connectivity index (χ1n) is 3.52. The monoisotopic (exact) mass is 203 g/mol. The van der Waals surface area contributed by atoms with E-state index in [0.29, 0.717) is 5.56 Å². The Balaban J connectivity index is 2.94. The quantitative estimate of drug-likeness (QED) is 0.626. The molecule has 1 aromatic rings. The molecule has 5 nitrogen and oxygen atoms in total. The summed E-state index contributed by atoms with van der Waals surface area (Å²) in [7, 11) is -4.04. The molecule has 0 fully saturated rings. The Bertz CT molecular complexity index is 335. The van der Waals surface area contributed by atoms with Crippen molar-refractivity contribution in [1.82, 2.24) is 0 Å². The molecule has 0 amide bonds. The van der Waals surface area contributed by atoms with E-state index in [1.807, 2.05) is 0 Å². The Morgan fingerprint density at radius 2 is 2.08 bits per heavy atom. The van der Waals surface area contributed by atoms with Gasteiger partial charge in [0.05, 0.1) is 6.61 Å². The van der Waals surface area contributed by atoms with Gasteiger partial charge in [0.15, 0.2) is 0 Å². The average molecular weight is 203 g/mol. The molecule has 0 saturated carbocycles. The topological polar surface area (TPSA) is 92.8 Å². The van der Waals surface area contributed by atoms with Gasteiger partial charge in [-0.15, -0.1) is 0 Å². The summed E-state index contributed by atoms with van der Waals surface area (Å²) in [5.41, 5.74) is 5.22. The number of para-hydroxylation sites is 1. The highest BCUT2D eigenvalue weighted by molar-refractivity contribution is 7.50. The van der Waals surface area contributed by atoms with E-state index in [2.05, 4.69) is 4.52 Å². The smallest absolute Gasteiger partial charge is 0.413 e. The first-order chi connectivity index (χ1) is 6.03. The van der Waals surface area contributed by atoms with Crippen LogP contribution in [0.3, 0.4) is 0 Å². The molecule has 0 saturated heterocycles. The van der Waals surface area contributed by atoms with Crippen molar-refractivity contribution in [3.05, 3.63) is 29.8 Å². The van der Waals surface area contributed by atoms with Crippen molar-refractivity contribution >= 4 is 7.75 Å². The lowest BCUT2D eigenvalue weighted by atomic mass is 10.2. The van der Waals surface area contributed by atoms with Gasteiger partial charge in [0.1, 0.15) is 5.75 Å². The molecule has 1 unspecified atom stereocenters. The second-order valence-corrected chi connectivity index (χ2v) is 3.73. The van der Waals surface area contributed by atoms with Gasteiger partial charge in [0.2, 0.25) is 0 Å². The molecule has 0 heterocycles. The number of aliphatic hydroxyl groups excluding tert-OH is 1. The normalized spacial score (nSPS) is 15.0. The zero-order chi connectivity index (χ0) is 9.90. The van der Waals surface area contributed by atoms with Gasteiger partial charge in [-0.2, -0.15) is 0 Å². The van der Waals surface area contributed by atoms with Crippen molar-refractivity contribution in [1.29, 1.82) is 0 Å². The number of rotatable bonds is 3. The molecule has 6 heteroatoms. The standard InChI is InChI=1S/C7H10NO4P/c8-13(10,11)12-7-4-2-1-3-6(7)5-9/h1-4,9H,5H2,(H3,8,10,11). The Hall–Kier alpha value is -0.870. The molecule has 0 bridgehead atoms. The number of nitrogens with two attached hydrogens (primary N) is 1. The zero-order valence-electron chi connectivity index (χ0n) is 6.75. The van der Waals surface area contributed by atoms with Gasteiger partial charge in [0, 0.05) is 5.56 Å². The van der Waals surface area contributed by atoms with Crippen LogP contribution in [0, 0.1) is 0 Å². The van der Waals surface area contributed by atoms with Gasteiger partial charge in [-0.05, 0) is 6.07 Å². The summed E-state index contributed by atoms with van der Waals surface area (Å²) in [4.78, 5) is 8.72. The molecule has 13 heavy (non-hydrogen) atoms. The minimum Gasteiger partial charge on any atom is -0.413 e. The Kier molecular flexibility index (Phi) is 3.06. The fourth-order valence-corrected chi connectivity index (χ4v) is 1.32. The third-order valence-electron chi connectivity index (χ3n) is 1.37. The number of hydrogen-bond acceptors (Lipinski definition) is 3. The molecule has 0 aromatic heterocycles. The Morgan fingerprint density at radius 1 is 1.46 bits per heavy atom. The van der Waals surface area contributed by atoms with Gasteiger partial charge in [-0.3, -0.25) is 0 Å². The molecule has 4 N–H and O–H groups in total. The molecule has 0 aliphatic heterocycles. The van der Waals surface area contributed by atoms with E-state index >= 15 is 0 Å². The van der Waals surface area contributed by atoms with E-state index in [9.17, 15) is 4.57 Å². The van der Waals surface area contributed by atoms with Crippen molar-refractivity contribution in [2.45, 2.75) is 6.61 Å². The molecule has 0 aliphatic rings. The molecule has 1 atom stereocenters. The zero-order valence-corrected chi connectivity index (χ0v) is 7.65. The second kappa shape index (κ2) is 3.89. The lowest BCUT2D eigenvalue weighted by Gasteiger charge is -2.10. The maximum Gasteiger partial charge on any atom is 0.453 e. The van der Waals surface area contributed by atoms with E-state index in [-0.39, 0.29) is 12.4 Å². The summed E-state index contributed by atoms with van der Waals surface area (Å²) >= 11 is 0. The van der Waals surface area contributed by atoms with Gasteiger partial charge in [-0.1, -0.05) is 18.2 Å². The van der Waals surface area contributed by atoms with Crippen LogP contribution in [0.15, 0.2) is 24.3 Å². The third-order valence-corrected chi connectivity index (χ3v) is 1.83. The number of benzene rings is 1. The van der Waals surface area contributed by atoms with Crippen molar-refractivity contribution < 1.29 is 19.1 Å². The fraction of sp³-hybridized carbons (Fsp3) is 0.143. The highest BCUT2D eigenvalue weighted by Gasteiger charge is 2.14. The van der Waals surface area contributed by atoms with Crippen molar-refractivity contribution in [2.24, 2.45) is 5.50 Å². The molecule has 72 valence electrons. The summed E-state index contributed by atoms with van der Waals surface area (Å²) in [5, 5.41) is 8.82. The summed E-state index contributed by atoms with van der Waals surface area (Å²) in [5.74, 6) is 0.123. The minimum absolute atomic E-state index is 0.123. The molecule has 0 spiro atoms. The lowest BCUT2D eigenvalue weighted by Crippen LogP contribution is -2.02. The highest BCUT2D eigenvalue weighted by atomic mass is 31.2. The maximum atomic E-state index is 10.7. The summed E-state index contributed by atoms with van der Waals surface area (Å²) < 4.78 is 15.2. The number of hydrogen-bond donors (Lipinski definition) is 3. The van der Waals surface area contributed by atoms with E-state index in [4.69, 9.17) is 15.5 Å². The number of aliphatic hydroxyl groups is 1. The van der Waals surface area contributed by atoms with Crippen LogP contribution in [0.25, 0.3) is 0 Å². The second-order valence-electron chi connectivity index (χ2n) is 2.42. The Labute approximate surface area is 75.4 Å². The first-order valence-corrected chi connectivity index (χ1v) is 5.17. The van der Waals surface area contributed by atoms with Crippen LogP contribution in [0.4, 0.5) is 0 Å². The molecule has 0 radical (unpaired) electrons. The SMILES string of the molecule is NP(=O)(O)Oc1ccccc1CO. The van der Waals surface area contributed by atoms with Crippen molar-refractivity contribution in [3.63, 3.8) is 0 Å². The summed E-state index contributed by atoms with van der Waals surface area (Å²) in [6, 6.07) is 6.33. The fourth-order valence-electron chi connectivity index (χ4n) is 0.864. The van der Waals surface area contributed by atoms with Crippen molar-refractivity contribution in [3.8, 4) is 5.75 Å². The van der Waals surface area contributed by atoms with Crippen LogP contribution in [0.5, 0.6) is 5.75 Å². The molecule has 0 aliphatic carbocycles. The van der Waals surface area contributed by atoms with Gasteiger partial charge in [-0.25, -0.2) is 10.1 Å². The molecular weight excluding hydrogens is 193 g/mol. The molecule has 1 rings (SSSR count). The van der Waals surface area contributed by atoms with Crippen LogP contribution in [-0.2, 0) is 11.2 Å². The lowest BCUT2D eigenvalue weighted by molar-refractivity contribution is 0.276. The average Bonchev–Trinajstić information content (AvgIpc) is 2.02. The van der Waals surface area contributed by atoms with Gasteiger partial charge >= 0.3 is 7.75 Å². The van der Waals surface area contributed by atoms with E-state index in [0.717, 1.165) is 0 Å². The van der Waals surface area contributed by atoms with Gasteiger partial charge in [0.25, 0.3) is 0 Å². The first kappa shape index (κ1) is 10.2. The van der Waals surface area contributed by atoms with E-state index in [1.54, 1.807) is 18.2 Å². The predicted octanol–water partition coefficient (Wildman–Crippen LogP) is 0.617. The van der Waals surface area contributed by atoms with Crippen LogP contribution in [-0.4, -0.2) is 10.00 Å². The van der Waals surface area contributed by atoms with Crippen molar-refractivity contribution in [2.75, 3.05) is 0 Å². The largest absolute Gasteiger partial charge is 0.453 e. The van der Waals surface area contributed by atoms with Gasteiger partial charge < -0.3 is 14.5 Å². The molecule has 1 aromatic carbocycles. The van der Waals surface area contributed by atoms with E-state index < -0.39 is 7.75 Å². The predicted molar refractivity (Wildman–Crippen MR) is 47.0 cm³/mol. The highest BCUT2D eigenvalue weighted by Crippen LogP contribution is 2.35. The van der Waals surface area contributed by atoms with Crippen LogP contribution in [0.1, 0.15) is 5.56 Å². The van der Waals surface area contributed by atoms with Crippen LogP contribution in [0.2, 0.25) is 0 Å². The third kappa shape index (κ3) is 3.16. The maximum absolute atomic E-state index is 10.7. The summed E-state index contributed by atoms with van der Waals surface area (Å²) in [6.45, 7) is -0.268.